The number of carbonyl (C=O) groups is 1. The normalized spacial score (nSPS) is 12.7. The summed E-state index contributed by atoms with van der Waals surface area (Å²) in [6.07, 6.45) is 0. The Kier molecular flexibility index (Phi) is 4.43. The van der Waals surface area contributed by atoms with E-state index in [1.54, 1.807) is 19.1 Å². The molecule has 0 fully saturated rings. The quantitative estimate of drug-likeness (QED) is 0.775. The first-order chi connectivity index (χ1) is 11.8. The van der Waals surface area contributed by atoms with E-state index in [9.17, 15) is 14.0 Å². The Hall–Kier alpha value is -2.54. The van der Waals surface area contributed by atoms with E-state index < -0.39 is 11.9 Å². The zero-order valence-corrected chi connectivity index (χ0v) is 14.9. The van der Waals surface area contributed by atoms with Crippen molar-refractivity contribution in [3.63, 3.8) is 0 Å². The Bertz CT molecular complexity index is 1010. The summed E-state index contributed by atoms with van der Waals surface area (Å²) in [7, 11) is 0. The van der Waals surface area contributed by atoms with E-state index in [0.29, 0.717) is 21.6 Å². The van der Waals surface area contributed by atoms with Gasteiger partial charge < -0.3 is 5.73 Å². The molecule has 0 aliphatic carbocycles. The van der Waals surface area contributed by atoms with Crippen LogP contribution in [0.15, 0.2) is 34.4 Å². The van der Waals surface area contributed by atoms with Crippen molar-refractivity contribution in [3.8, 4) is 11.1 Å². The van der Waals surface area contributed by atoms with E-state index in [4.69, 9.17) is 5.73 Å². The van der Waals surface area contributed by atoms with Crippen molar-refractivity contribution in [2.45, 2.75) is 32.7 Å². The van der Waals surface area contributed by atoms with E-state index in [1.807, 2.05) is 19.2 Å². The van der Waals surface area contributed by atoms with Crippen LogP contribution >= 0.6 is 11.3 Å². The Morgan fingerprint density at radius 1 is 1.24 bits per heavy atom. The highest BCUT2D eigenvalue weighted by Crippen LogP contribution is 2.32. The average Bonchev–Trinajstić information content (AvgIpc) is 2.99. The van der Waals surface area contributed by atoms with Crippen LogP contribution in [0.4, 0.5) is 4.39 Å². The summed E-state index contributed by atoms with van der Waals surface area (Å²) in [5.74, 6) is -0.460. The number of amides is 1. The summed E-state index contributed by atoms with van der Waals surface area (Å²) in [6.45, 7) is 5.41. The number of thiophene rings is 1. The van der Waals surface area contributed by atoms with Gasteiger partial charge in [0.25, 0.3) is 5.56 Å². The van der Waals surface area contributed by atoms with E-state index in [0.717, 1.165) is 5.56 Å². The van der Waals surface area contributed by atoms with E-state index in [2.05, 4.69) is 4.98 Å². The number of hydrogen-bond acceptors (Lipinski definition) is 4. The highest BCUT2D eigenvalue weighted by atomic mass is 32.1. The maximum absolute atomic E-state index is 13.2. The lowest BCUT2D eigenvalue weighted by molar-refractivity contribution is -0.120. The van der Waals surface area contributed by atoms with Crippen molar-refractivity contribution in [3.05, 3.63) is 51.6 Å². The summed E-state index contributed by atoms with van der Waals surface area (Å²) < 4.78 is 14.6. The second-order valence-corrected chi connectivity index (χ2v) is 7.07. The molecule has 0 bridgehead atoms. The van der Waals surface area contributed by atoms with E-state index in [-0.39, 0.29) is 17.3 Å². The monoisotopic (exact) mass is 359 g/mol. The molecule has 5 nitrogen and oxygen atoms in total. The molecular formula is C18H18FN3O2S. The summed E-state index contributed by atoms with van der Waals surface area (Å²) in [4.78, 5) is 30.1. The first-order valence-corrected chi connectivity index (χ1v) is 8.78. The van der Waals surface area contributed by atoms with Crippen LogP contribution in [0.3, 0.4) is 0 Å². The Balaban J connectivity index is 2.34. The summed E-state index contributed by atoms with van der Waals surface area (Å²) in [6, 6.07) is 5.13. The van der Waals surface area contributed by atoms with Crippen LogP contribution in [0, 0.1) is 5.82 Å². The van der Waals surface area contributed by atoms with Crippen LogP contribution in [-0.2, 0) is 4.79 Å². The van der Waals surface area contributed by atoms with Crippen LogP contribution in [0.5, 0.6) is 0 Å². The standard InChI is InChI=1S/C18H18FN3O2S/c1-9(2)16-21-17-14(18(24)22(16)10(3)15(20)23)13(8-25-17)11-4-6-12(19)7-5-11/h4-10H,1-3H3,(H2,20,23). The number of nitrogens with two attached hydrogens (primary N) is 1. The van der Waals surface area contributed by atoms with Gasteiger partial charge in [0.1, 0.15) is 22.5 Å². The van der Waals surface area contributed by atoms with Crippen molar-refractivity contribution in [1.82, 2.24) is 9.55 Å². The minimum absolute atomic E-state index is 0.0460. The lowest BCUT2D eigenvalue weighted by Crippen LogP contribution is -2.35. The van der Waals surface area contributed by atoms with Crippen molar-refractivity contribution in [2.24, 2.45) is 5.73 Å². The third-order valence-corrected chi connectivity index (χ3v) is 5.01. The molecule has 2 N–H and O–H groups in total. The number of rotatable bonds is 4. The fraction of sp³-hybridized carbons (Fsp3) is 0.278. The Morgan fingerprint density at radius 2 is 1.88 bits per heavy atom. The minimum atomic E-state index is -0.803. The van der Waals surface area contributed by atoms with Gasteiger partial charge in [0.05, 0.1) is 5.39 Å². The molecule has 0 radical (unpaired) electrons. The highest BCUT2D eigenvalue weighted by molar-refractivity contribution is 7.17. The number of aromatic nitrogens is 2. The van der Waals surface area contributed by atoms with Gasteiger partial charge in [-0.3, -0.25) is 14.2 Å². The van der Waals surface area contributed by atoms with Crippen molar-refractivity contribution in [2.75, 3.05) is 0 Å². The molecule has 1 aromatic carbocycles. The Morgan fingerprint density at radius 3 is 2.44 bits per heavy atom. The van der Waals surface area contributed by atoms with E-state index in [1.165, 1.54) is 28.0 Å². The average molecular weight is 359 g/mol. The van der Waals surface area contributed by atoms with Crippen LogP contribution < -0.4 is 11.3 Å². The van der Waals surface area contributed by atoms with Gasteiger partial charge in [0, 0.05) is 16.9 Å². The molecule has 7 heteroatoms. The van der Waals surface area contributed by atoms with Gasteiger partial charge in [-0.1, -0.05) is 26.0 Å². The van der Waals surface area contributed by atoms with Crippen molar-refractivity contribution >= 4 is 27.5 Å². The van der Waals surface area contributed by atoms with E-state index >= 15 is 0 Å². The van der Waals surface area contributed by atoms with Crippen LogP contribution in [-0.4, -0.2) is 15.5 Å². The van der Waals surface area contributed by atoms with Crippen molar-refractivity contribution in [1.29, 1.82) is 0 Å². The molecule has 130 valence electrons. The number of hydrogen-bond donors (Lipinski definition) is 1. The molecule has 0 aliphatic heterocycles. The largest absolute Gasteiger partial charge is 0.368 e. The predicted octanol–water partition coefficient (Wildman–Crippen LogP) is 3.43. The van der Waals surface area contributed by atoms with Crippen LogP contribution in [0.25, 0.3) is 21.3 Å². The fourth-order valence-electron chi connectivity index (χ4n) is 2.77. The SMILES string of the molecule is CC(C)c1nc2scc(-c3ccc(F)cc3)c2c(=O)n1C(C)C(N)=O. The van der Waals surface area contributed by atoms with Crippen LogP contribution in [0.1, 0.15) is 38.6 Å². The third-order valence-electron chi connectivity index (χ3n) is 4.14. The number of fused-ring (bicyclic) bond motifs is 1. The smallest absolute Gasteiger partial charge is 0.263 e. The highest BCUT2D eigenvalue weighted by Gasteiger charge is 2.23. The lowest BCUT2D eigenvalue weighted by atomic mass is 10.1. The molecule has 2 aromatic heterocycles. The van der Waals surface area contributed by atoms with Gasteiger partial charge in [-0.2, -0.15) is 0 Å². The molecular weight excluding hydrogens is 341 g/mol. The molecule has 1 amide bonds. The van der Waals surface area contributed by atoms with Gasteiger partial charge in [-0.25, -0.2) is 9.37 Å². The maximum atomic E-state index is 13.2. The van der Waals surface area contributed by atoms with Gasteiger partial charge in [0.15, 0.2) is 0 Å². The number of primary amides is 1. The second-order valence-electron chi connectivity index (χ2n) is 6.21. The molecule has 1 atom stereocenters. The molecule has 3 rings (SSSR count). The molecule has 0 saturated carbocycles. The van der Waals surface area contributed by atoms with Gasteiger partial charge in [-0.05, 0) is 24.6 Å². The van der Waals surface area contributed by atoms with Gasteiger partial charge in [0.2, 0.25) is 5.91 Å². The first-order valence-electron chi connectivity index (χ1n) is 7.90. The molecule has 0 aliphatic rings. The molecule has 0 spiro atoms. The summed E-state index contributed by atoms with van der Waals surface area (Å²) >= 11 is 1.35. The van der Waals surface area contributed by atoms with Gasteiger partial charge in [-0.15, -0.1) is 11.3 Å². The molecule has 1 unspecified atom stereocenters. The third kappa shape index (κ3) is 2.95. The summed E-state index contributed by atoms with van der Waals surface area (Å²) in [5.41, 5.74) is 6.52. The van der Waals surface area contributed by atoms with Gasteiger partial charge >= 0.3 is 0 Å². The fourth-order valence-corrected chi connectivity index (χ4v) is 3.71. The summed E-state index contributed by atoms with van der Waals surface area (Å²) in [5, 5.41) is 2.25. The Labute approximate surface area is 147 Å². The maximum Gasteiger partial charge on any atom is 0.263 e. The van der Waals surface area contributed by atoms with Crippen LogP contribution in [0.2, 0.25) is 0 Å². The van der Waals surface area contributed by atoms with Crippen molar-refractivity contribution < 1.29 is 9.18 Å². The zero-order valence-electron chi connectivity index (χ0n) is 14.1. The molecule has 0 saturated heterocycles. The number of nitrogens with zero attached hydrogens (tertiary/aromatic N) is 2. The number of carbonyl (C=O) groups excluding carboxylic acids is 1. The lowest BCUT2D eigenvalue weighted by Gasteiger charge is -2.19. The second kappa shape index (κ2) is 6.40. The minimum Gasteiger partial charge on any atom is -0.368 e. The molecule has 2 heterocycles. The topological polar surface area (TPSA) is 78.0 Å². The zero-order chi connectivity index (χ0) is 18.3. The predicted molar refractivity (Wildman–Crippen MR) is 97.3 cm³/mol. The number of halogens is 1. The number of benzene rings is 1. The molecule has 3 aromatic rings. The molecule has 25 heavy (non-hydrogen) atoms. The first kappa shape index (κ1) is 17.3.